The third kappa shape index (κ3) is 3.67. The van der Waals surface area contributed by atoms with Crippen molar-refractivity contribution in [2.24, 2.45) is 0 Å². The van der Waals surface area contributed by atoms with E-state index in [0.29, 0.717) is 10.8 Å². The Bertz CT molecular complexity index is 452. The molecule has 0 saturated carbocycles. The van der Waals surface area contributed by atoms with E-state index in [2.05, 4.69) is 31.5 Å². The molecule has 4 heteroatoms. The Hall–Kier alpha value is -0.870. The van der Waals surface area contributed by atoms with Gasteiger partial charge in [0.25, 0.3) is 0 Å². The van der Waals surface area contributed by atoms with Crippen LogP contribution in [-0.2, 0) is 0 Å². The summed E-state index contributed by atoms with van der Waals surface area (Å²) in [5.74, 6) is 1.88. The maximum Gasteiger partial charge on any atom is 0.124 e. The minimum Gasteiger partial charge on any atom is -0.497 e. The van der Waals surface area contributed by atoms with Crippen molar-refractivity contribution in [1.82, 2.24) is 5.32 Å². The van der Waals surface area contributed by atoms with E-state index >= 15 is 0 Å². The first-order valence-electron chi connectivity index (χ1n) is 7.77. The molecule has 0 saturated heterocycles. The van der Waals surface area contributed by atoms with Crippen LogP contribution in [0.4, 0.5) is 0 Å². The maximum absolute atomic E-state index is 5.76. The number of methoxy groups -OCH3 is 1. The van der Waals surface area contributed by atoms with Crippen molar-refractivity contribution < 1.29 is 9.47 Å². The molecule has 118 valence electrons. The minimum absolute atomic E-state index is 0.331. The van der Waals surface area contributed by atoms with Crippen LogP contribution < -0.4 is 14.8 Å². The summed E-state index contributed by atoms with van der Waals surface area (Å²) in [6.45, 7) is 6.37. The molecular weight excluding hydrogens is 282 g/mol. The summed E-state index contributed by atoms with van der Waals surface area (Å²) >= 11 is 1.98. The fourth-order valence-corrected chi connectivity index (χ4v) is 3.69. The lowest BCUT2D eigenvalue weighted by Crippen LogP contribution is -2.39. The van der Waals surface area contributed by atoms with Crippen LogP contribution in [0, 0.1) is 0 Å². The zero-order chi connectivity index (χ0) is 15.3. The minimum atomic E-state index is 0.331. The molecule has 1 aliphatic heterocycles. The van der Waals surface area contributed by atoms with E-state index < -0.39 is 0 Å². The standard InChI is InChI=1S/C17H27NO2S/c1-5-17(6-2,21-4)12-18-15-9-10-20-16-8-7-13(19-3)11-14(15)16/h7-8,11,15,18H,5-6,9-10,12H2,1-4H3. The molecule has 1 aliphatic rings. The van der Waals surface area contributed by atoms with Crippen LogP contribution in [0.3, 0.4) is 0 Å². The second-order valence-electron chi connectivity index (χ2n) is 5.57. The molecule has 2 rings (SSSR count). The van der Waals surface area contributed by atoms with Gasteiger partial charge in [0, 0.05) is 29.3 Å². The Kier molecular flexibility index (Phi) is 5.82. The van der Waals surface area contributed by atoms with Gasteiger partial charge < -0.3 is 14.8 Å². The molecule has 3 nitrogen and oxygen atoms in total. The van der Waals surface area contributed by atoms with Gasteiger partial charge >= 0.3 is 0 Å². The molecule has 1 unspecified atom stereocenters. The van der Waals surface area contributed by atoms with E-state index in [-0.39, 0.29) is 0 Å². The highest BCUT2D eigenvalue weighted by Gasteiger charge is 2.28. The third-order valence-corrected chi connectivity index (χ3v) is 6.24. The zero-order valence-electron chi connectivity index (χ0n) is 13.6. The molecule has 0 radical (unpaired) electrons. The second kappa shape index (κ2) is 7.41. The normalized spacial score (nSPS) is 18.0. The lowest BCUT2D eigenvalue weighted by Gasteiger charge is -2.34. The van der Waals surface area contributed by atoms with Gasteiger partial charge in [0.2, 0.25) is 0 Å². The van der Waals surface area contributed by atoms with E-state index in [1.165, 1.54) is 18.4 Å². The number of hydrogen-bond donors (Lipinski definition) is 1. The molecule has 1 N–H and O–H groups in total. The Labute approximate surface area is 132 Å². The zero-order valence-corrected chi connectivity index (χ0v) is 14.4. The van der Waals surface area contributed by atoms with Gasteiger partial charge in [0.1, 0.15) is 11.5 Å². The Balaban J connectivity index is 2.12. The highest BCUT2D eigenvalue weighted by Crippen LogP contribution is 2.36. The number of fused-ring (bicyclic) bond motifs is 1. The van der Waals surface area contributed by atoms with Crippen LogP contribution in [0.25, 0.3) is 0 Å². The first kappa shape index (κ1) is 16.5. The summed E-state index contributed by atoms with van der Waals surface area (Å²) in [5.41, 5.74) is 1.22. The van der Waals surface area contributed by atoms with Crippen molar-refractivity contribution >= 4 is 11.8 Å². The number of rotatable bonds is 7. The Morgan fingerprint density at radius 2 is 2.14 bits per heavy atom. The van der Waals surface area contributed by atoms with Gasteiger partial charge in [-0.25, -0.2) is 0 Å². The van der Waals surface area contributed by atoms with Crippen molar-refractivity contribution in [3.05, 3.63) is 23.8 Å². The molecule has 1 aromatic rings. The maximum atomic E-state index is 5.76. The number of benzene rings is 1. The van der Waals surface area contributed by atoms with Gasteiger partial charge in [-0.1, -0.05) is 13.8 Å². The van der Waals surface area contributed by atoms with Gasteiger partial charge in [0.15, 0.2) is 0 Å². The number of ether oxygens (including phenoxy) is 2. The van der Waals surface area contributed by atoms with E-state index in [0.717, 1.165) is 31.1 Å². The molecule has 1 atom stereocenters. The van der Waals surface area contributed by atoms with Gasteiger partial charge in [-0.2, -0.15) is 11.8 Å². The molecule has 0 aromatic heterocycles. The Morgan fingerprint density at radius 3 is 2.76 bits per heavy atom. The van der Waals surface area contributed by atoms with Crippen molar-refractivity contribution in [3.8, 4) is 11.5 Å². The molecule has 0 aliphatic carbocycles. The molecule has 21 heavy (non-hydrogen) atoms. The van der Waals surface area contributed by atoms with Crippen LogP contribution in [0.2, 0.25) is 0 Å². The summed E-state index contributed by atoms with van der Waals surface area (Å²) < 4.78 is 11.4. The monoisotopic (exact) mass is 309 g/mol. The van der Waals surface area contributed by atoms with Gasteiger partial charge in [0.05, 0.1) is 13.7 Å². The summed E-state index contributed by atoms with van der Waals surface area (Å²) in [7, 11) is 1.71. The molecule has 1 aromatic carbocycles. The molecular formula is C17H27NO2S. The quantitative estimate of drug-likeness (QED) is 0.824. The van der Waals surface area contributed by atoms with Crippen molar-refractivity contribution in [3.63, 3.8) is 0 Å². The first-order chi connectivity index (χ1) is 10.2. The second-order valence-corrected chi connectivity index (χ2v) is 6.84. The SMILES string of the molecule is CCC(CC)(CNC1CCOc2ccc(OC)cc21)SC. The Morgan fingerprint density at radius 1 is 1.38 bits per heavy atom. The van der Waals surface area contributed by atoms with Crippen molar-refractivity contribution in [2.45, 2.75) is 43.9 Å². The highest BCUT2D eigenvalue weighted by atomic mass is 32.2. The van der Waals surface area contributed by atoms with Gasteiger partial charge in [-0.15, -0.1) is 0 Å². The first-order valence-corrected chi connectivity index (χ1v) is 8.99. The van der Waals surface area contributed by atoms with E-state index in [9.17, 15) is 0 Å². The largest absolute Gasteiger partial charge is 0.497 e. The third-order valence-electron chi connectivity index (χ3n) is 4.65. The predicted octanol–water partition coefficient (Wildman–Crippen LogP) is 4.03. The van der Waals surface area contributed by atoms with Crippen molar-refractivity contribution in [1.29, 1.82) is 0 Å². The highest BCUT2D eigenvalue weighted by molar-refractivity contribution is 8.00. The summed E-state index contributed by atoms with van der Waals surface area (Å²) in [4.78, 5) is 0. The summed E-state index contributed by atoms with van der Waals surface area (Å²) in [6, 6.07) is 6.44. The lowest BCUT2D eigenvalue weighted by molar-refractivity contribution is 0.248. The average molecular weight is 309 g/mol. The van der Waals surface area contributed by atoms with Crippen molar-refractivity contribution in [2.75, 3.05) is 26.5 Å². The number of nitrogens with one attached hydrogen (secondary N) is 1. The lowest BCUT2D eigenvalue weighted by atomic mass is 9.97. The molecule has 0 bridgehead atoms. The molecule has 0 amide bonds. The van der Waals surface area contributed by atoms with Crippen LogP contribution in [-0.4, -0.2) is 31.3 Å². The van der Waals surface area contributed by atoms with Crippen LogP contribution in [0.1, 0.15) is 44.7 Å². The molecule has 0 fully saturated rings. The number of hydrogen-bond acceptors (Lipinski definition) is 4. The molecule has 1 heterocycles. The fourth-order valence-electron chi connectivity index (χ4n) is 2.88. The van der Waals surface area contributed by atoms with E-state index in [1.807, 2.05) is 23.9 Å². The predicted molar refractivity (Wildman–Crippen MR) is 90.7 cm³/mol. The van der Waals surface area contributed by atoms with Gasteiger partial charge in [-0.05, 0) is 37.3 Å². The fraction of sp³-hybridized carbons (Fsp3) is 0.647. The molecule has 0 spiro atoms. The summed E-state index contributed by atoms with van der Waals surface area (Å²) in [5, 5.41) is 3.77. The number of thioether (sulfide) groups is 1. The van der Waals surface area contributed by atoms with E-state index in [1.54, 1.807) is 7.11 Å². The smallest absolute Gasteiger partial charge is 0.124 e. The van der Waals surface area contributed by atoms with Crippen LogP contribution in [0.15, 0.2) is 18.2 Å². The van der Waals surface area contributed by atoms with Crippen LogP contribution in [0.5, 0.6) is 11.5 Å². The average Bonchev–Trinajstić information content (AvgIpc) is 2.56. The summed E-state index contributed by atoms with van der Waals surface area (Å²) in [6.07, 6.45) is 5.60. The van der Waals surface area contributed by atoms with Crippen LogP contribution >= 0.6 is 11.8 Å². The van der Waals surface area contributed by atoms with E-state index in [4.69, 9.17) is 9.47 Å². The van der Waals surface area contributed by atoms with Gasteiger partial charge in [-0.3, -0.25) is 0 Å². The topological polar surface area (TPSA) is 30.5 Å².